The second-order valence-corrected chi connectivity index (χ2v) is 11.5. The van der Waals surface area contributed by atoms with Gasteiger partial charge in [-0.05, 0) is 93.2 Å². The minimum atomic E-state index is -3.65. The Labute approximate surface area is 212 Å². The van der Waals surface area contributed by atoms with E-state index in [1.54, 1.807) is 24.3 Å². The van der Waals surface area contributed by atoms with E-state index in [-0.39, 0.29) is 5.92 Å². The van der Waals surface area contributed by atoms with E-state index in [2.05, 4.69) is 18.7 Å². The molecule has 6 heteroatoms. The maximum absolute atomic E-state index is 13.6. The standard InChI is InChI=1S/C29H42N2O3S/c1-5-7-18-30(19-8-6-2)20-11-12-22-34-25-14-16-26(17-15-25)35(32,33)29-27(24(3)4)23-31-21-10-9-13-28(29)31/h9-10,13-17,21,23-24H,5-8,11-12,18-20,22H2,1-4H3. The average molecular weight is 499 g/mol. The highest BCUT2D eigenvalue weighted by molar-refractivity contribution is 7.91. The Morgan fingerprint density at radius 3 is 2.17 bits per heavy atom. The molecule has 3 aromatic rings. The zero-order valence-electron chi connectivity index (χ0n) is 21.9. The van der Waals surface area contributed by atoms with Gasteiger partial charge in [0.2, 0.25) is 9.84 Å². The first-order valence-corrected chi connectivity index (χ1v) is 14.7. The van der Waals surface area contributed by atoms with Crippen LogP contribution in [0.3, 0.4) is 0 Å². The number of benzene rings is 1. The van der Waals surface area contributed by atoms with Gasteiger partial charge in [-0.25, -0.2) is 8.42 Å². The lowest BCUT2D eigenvalue weighted by Crippen LogP contribution is -2.27. The summed E-state index contributed by atoms with van der Waals surface area (Å²) < 4.78 is 35.0. The van der Waals surface area contributed by atoms with E-state index in [9.17, 15) is 8.42 Å². The van der Waals surface area contributed by atoms with Gasteiger partial charge in [-0.2, -0.15) is 0 Å². The van der Waals surface area contributed by atoms with E-state index in [1.807, 2.05) is 48.8 Å². The summed E-state index contributed by atoms with van der Waals surface area (Å²) in [5, 5.41) is 0. The summed E-state index contributed by atoms with van der Waals surface area (Å²) in [5.74, 6) is 0.811. The first-order valence-electron chi connectivity index (χ1n) is 13.2. The minimum absolute atomic E-state index is 0.0992. The zero-order chi connectivity index (χ0) is 25.3. The molecule has 2 heterocycles. The normalized spacial score (nSPS) is 12.2. The van der Waals surface area contributed by atoms with Gasteiger partial charge in [0.05, 0.1) is 17.0 Å². The van der Waals surface area contributed by atoms with Crippen molar-refractivity contribution in [1.29, 1.82) is 0 Å². The van der Waals surface area contributed by atoms with E-state index < -0.39 is 9.84 Å². The van der Waals surface area contributed by atoms with Gasteiger partial charge in [0.25, 0.3) is 0 Å². The Kier molecular flexibility index (Phi) is 10.2. The molecule has 0 aliphatic rings. The zero-order valence-corrected chi connectivity index (χ0v) is 22.7. The number of unbranched alkanes of at least 4 members (excludes halogenated alkanes) is 3. The molecule has 0 aliphatic heterocycles. The smallest absolute Gasteiger partial charge is 0.209 e. The van der Waals surface area contributed by atoms with Crippen molar-refractivity contribution in [2.45, 2.75) is 81.9 Å². The van der Waals surface area contributed by atoms with Gasteiger partial charge < -0.3 is 14.0 Å². The number of rotatable bonds is 15. The van der Waals surface area contributed by atoms with Crippen LogP contribution in [0, 0.1) is 0 Å². The molecular weight excluding hydrogens is 456 g/mol. The van der Waals surface area contributed by atoms with Crippen LogP contribution in [-0.2, 0) is 9.84 Å². The van der Waals surface area contributed by atoms with Crippen LogP contribution >= 0.6 is 0 Å². The third-order valence-corrected chi connectivity index (χ3v) is 8.36. The maximum Gasteiger partial charge on any atom is 0.209 e. The second kappa shape index (κ2) is 13.1. The van der Waals surface area contributed by atoms with Crippen molar-refractivity contribution in [3.05, 3.63) is 60.4 Å². The number of hydrogen-bond donors (Lipinski definition) is 0. The lowest BCUT2D eigenvalue weighted by molar-refractivity contribution is 0.243. The Bertz CT molecular complexity index is 1140. The molecular formula is C29H42N2O3S. The summed E-state index contributed by atoms with van der Waals surface area (Å²) in [6.07, 6.45) is 10.9. The molecule has 3 rings (SSSR count). The monoisotopic (exact) mass is 498 g/mol. The lowest BCUT2D eigenvalue weighted by atomic mass is 10.1. The third kappa shape index (κ3) is 7.11. The highest BCUT2D eigenvalue weighted by atomic mass is 32.2. The molecule has 0 spiro atoms. The Balaban J connectivity index is 1.60. The van der Waals surface area contributed by atoms with Crippen molar-refractivity contribution >= 4 is 15.4 Å². The Morgan fingerprint density at radius 2 is 1.54 bits per heavy atom. The molecule has 2 aromatic heterocycles. The highest BCUT2D eigenvalue weighted by Gasteiger charge is 2.27. The first-order chi connectivity index (χ1) is 16.9. The van der Waals surface area contributed by atoms with Gasteiger partial charge in [-0.15, -0.1) is 0 Å². The fourth-order valence-electron chi connectivity index (χ4n) is 4.38. The van der Waals surface area contributed by atoms with Crippen LogP contribution in [0.25, 0.3) is 5.52 Å². The number of nitrogens with zero attached hydrogens (tertiary/aromatic N) is 2. The van der Waals surface area contributed by atoms with Gasteiger partial charge in [0, 0.05) is 12.4 Å². The molecule has 0 amide bonds. The van der Waals surface area contributed by atoms with E-state index in [4.69, 9.17) is 4.74 Å². The number of fused-ring (bicyclic) bond motifs is 1. The third-order valence-electron chi connectivity index (χ3n) is 6.48. The molecule has 0 radical (unpaired) electrons. The van der Waals surface area contributed by atoms with Crippen LogP contribution in [0.5, 0.6) is 5.75 Å². The summed E-state index contributed by atoms with van der Waals surface area (Å²) in [5.41, 5.74) is 1.55. The fourth-order valence-corrected chi connectivity index (χ4v) is 6.16. The van der Waals surface area contributed by atoms with E-state index >= 15 is 0 Å². The Hall–Kier alpha value is -2.31. The van der Waals surface area contributed by atoms with E-state index in [0.717, 1.165) is 24.9 Å². The fraction of sp³-hybridized carbons (Fsp3) is 0.517. The number of pyridine rings is 1. The summed E-state index contributed by atoms with van der Waals surface area (Å²) >= 11 is 0. The van der Waals surface area contributed by atoms with E-state index in [1.165, 1.54) is 38.8 Å². The second-order valence-electron chi connectivity index (χ2n) is 9.64. The number of sulfone groups is 1. The molecule has 0 bridgehead atoms. The molecule has 0 N–H and O–H groups in total. The Morgan fingerprint density at radius 1 is 0.886 bits per heavy atom. The van der Waals surface area contributed by atoms with Gasteiger partial charge in [-0.1, -0.05) is 46.6 Å². The van der Waals surface area contributed by atoms with Crippen molar-refractivity contribution in [1.82, 2.24) is 9.30 Å². The van der Waals surface area contributed by atoms with Crippen LogP contribution in [-0.4, -0.2) is 44.0 Å². The summed E-state index contributed by atoms with van der Waals surface area (Å²) in [4.78, 5) is 3.27. The number of ether oxygens (including phenoxy) is 1. The minimum Gasteiger partial charge on any atom is -0.494 e. The molecule has 0 aliphatic carbocycles. The maximum atomic E-state index is 13.6. The molecule has 192 valence electrons. The topological polar surface area (TPSA) is 51.0 Å². The van der Waals surface area contributed by atoms with Crippen LogP contribution in [0.1, 0.15) is 77.7 Å². The van der Waals surface area contributed by atoms with Crippen LogP contribution < -0.4 is 4.74 Å². The SMILES string of the molecule is CCCCN(CCCC)CCCCOc1ccc(S(=O)(=O)c2c(C(C)C)cn3ccccc23)cc1. The molecule has 1 aromatic carbocycles. The molecule has 0 unspecified atom stereocenters. The first kappa shape index (κ1) is 27.3. The van der Waals surface area contributed by atoms with E-state index in [0.29, 0.717) is 27.7 Å². The average Bonchev–Trinajstić information content (AvgIpc) is 3.26. The van der Waals surface area contributed by atoms with Gasteiger partial charge >= 0.3 is 0 Å². The number of aromatic nitrogens is 1. The van der Waals surface area contributed by atoms with Crippen molar-refractivity contribution in [3.63, 3.8) is 0 Å². The van der Waals surface area contributed by atoms with Crippen LogP contribution in [0.2, 0.25) is 0 Å². The van der Waals surface area contributed by atoms with Crippen LogP contribution in [0.4, 0.5) is 0 Å². The van der Waals surface area contributed by atoms with Crippen molar-refractivity contribution in [3.8, 4) is 5.75 Å². The summed E-state index contributed by atoms with van der Waals surface area (Å²) in [6, 6.07) is 12.5. The quantitative estimate of drug-likeness (QED) is 0.213. The highest BCUT2D eigenvalue weighted by Crippen LogP contribution is 2.34. The predicted molar refractivity (Wildman–Crippen MR) is 144 cm³/mol. The molecule has 0 fully saturated rings. The molecule has 0 saturated heterocycles. The van der Waals surface area contributed by atoms with Gasteiger partial charge in [-0.3, -0.25) is 0 Å². The molecule has 5 nitrogen and oxygen atoms in total. The van der Waals surface area contributed by atoms with Gasteiger partial charge in [0.15, 0.2) is 0 Å². The molecule has 0 saturated carbocycles. The largest absolute Gasteiger partial charge is 0.494 e. The lowest BCUT2D eigenvalue weighted by Gasteiger charge is -2.21. The summed E-state index contributed by atoms with van der Waals surface area (Å²) in [6.45, 7) is 12.7. The van der Waals surface area contributed by atoms with Gasteiger partial charge in [0.1, 0.15) is 10.6 Å². The predicted octanol–water partition coefficient (Wildman–Crippen LogP) is 6.96. The molecule has 0 atom stereocenters. The number of hydrogen-bond acceptors (Lipinski definition) is 4. The van der Waals surface area contributed by atoms with Crippen LogP contribution in [0.15, 0.2) is 64.6 Å². The van der Waals surface area contributed by atoms with Crippen molar-refractivity contribution < 1.29 is 13.2 Å². The van der Waals surface area contributed by atoms with Crippen molar-refractivity contribution in [2.24, 2.45) is 0 Å². The van der Waals surface area contributed by atoms with Crippen molar-refractivity contribution in [2.75, 3.05) is 26.2 Å². The summed E-state index contributed by atoms with van der Waals surface area (Å²) in [7, 11) is -3.65. The molecule has 35 heavy (non-hydrogen) atoms.